The van der Waals surface area contributed by atoms with E-state index in [4.69, 9.17) is 5.73 Å². The van der Waals surface area contributed by atoms with Gasteiger partial charge in [-0.05, 0) is 23.3 Å². The Labute approximate surface area is 101 Å². The summed E-state index contributed by atoms with van der Waals surface area (Å²) in [7, 11) is 1.60. The van der Waals surface area contributed by atoms with E-state index in [1.54, 1.807) is 14.0 Å². The smallest absolute Gasteiger partial charge is 0.244 e. The Morgan fingerprint density at radius 1 is 1.18 bits per heavy atom. The van der Waals surface area contributed by atoms with E-state index in [9.17, 15) is 4.79 Å². The molecule has 0 bridgehead atoms. The summed E-state index contributed by atoms with van der Waals surface area (Å²) in [5.74, 6) is -0.186. The van der Waals surface area contributed by atoms with Crippen LogP contribution in [0.5, 0.6) is 0 Å². The van der Waals surface area contributed by atoms with Gasteiger partial charge in [-0.2, -0.15) is 0 Å². The molecule has 0 heterocycles. The lowest BCUT2D eigenvalue weighted by molar-refractivity contribution is -0.125. The van der Waals surface area contributed by atoms with E-state index in [-0.39, 0.29) is 5.91 Å². The third kappa shape index (κ3) is 1.89. The lowest BCUT2D eigenvalue weighted by Gasteiger charge is -2.24. The van der Waals surface area contributed by atoms with Crippen molar-refractivity contribution in [3.05, 3.63) is 48.0 Å². The first-order valence-electron chi connectivity index (χ1n) is 5.56. The van der Waals surface area contributed by atoms with Crippen LogP contribution in [0.4, 0.5) is 0 Å². The second-order valence-corrected chi connectivity index (χ2v) is 4.31. The Bertz CT molecular complexity index is 556. The molecule has 2 aromatic carbocycles. The first kappa shape index (κ1) is 11.6. The van der Waals surface area contributed by atoms with E-state index >= 15 is 0 Å². The Hall–Kier alpha value is -1.87. The lowest BCUT2D eigenvalue weighted by Crippen LogP contribution is -2.47. The van der Waals surface area contributed by atoms with Crippen molar-refractivity contribution in [2.45, 2.75) is 12.5 Å². The van der Waals surface area contributed by atoms with Crippen molar-refractivity contribution < 1.29 is 4.79 Å². The van der Waals surface area contributed by atoms with Crippen molar-refractivity contribution in [3.8, 4) is 0 Å². The molecule has 0 radical (unpaired) electrons. The van der Waals surface area contributed by atoms with E-state index in [1.807, 2.05) is 42.5 Å². The molecule has 3 N–H and O–H groups in total. The van der Waals surface area contributed by atoms with Crippen LogP contribution < -0.4 is 11.1 Å². The van der Waals surface area contributed by atoms with E-state index in [2.05, 4.69) is 5.32 Å². The number of fused-ring (bicyclic) bond motifs is 1. The molecule has 0 saturated heterocycles. The molecule has 0 fully saturated rings. The molecule has 3 heteroatoms. The molecule has 88 valence electrons. The van der Waals surface area contributed by atoms with Crippen LogP contribution in [-0.4, -0.2) is 13.0 Å². The van der Waals surface area contributed by atoms with Gasteiger partial charge >= 0.3 is 0 Å². The summed E-state index contributed by atoms with van der Waals surface area (Å²) in [5, 5.41) is 4.71. The molecule has 0 aliphatic heterocycles. The number of nitrogens with one attached hydrogen (secondary N) is 1. The Morgan fingerprint density at radius 2 is 1.82 bits per heavy atom. The minimum Gasteiger partial charge on any atom is -0.357 e. The Balaban J connectivity index is 2.67. The highest BCUT2D eigenvalue weighted by molar-refractivity contribution is 5.95. The number of rotatable bonds is 2. The van der Waals surface area contributed by atoms with Gasteiger partial charge in [0.25, 0.3) is 0 Å². The molecular weight excluding hydrogens is 212 g/mol. The van der Waals surface area contributed by atoms with Gasteiger partial charge < -0.3 is 11.1 Å². The van der Waals surface area contributed by atoms with E-state index in [1.165, 1.54) is 0 Å². The highest BCUT2D eigenvalue weighted by Crippen LogP contribution is 2.26. The number of carbonyl (C=O) groups is 1. The number of benzene rings is 2. The molecule has 0 spiro atoms. The van der Waals surface area contributed by atoms with Crippen LogP contribution >= 0.6 is 0 Å². The third-order valence-corrected chi connectivity index (χ3v) is 3.05. The largest absolute Gasteiger partial charge is 0.357 e. The van der Waals surface area contributed by atoms with Crippen molar-refractivity contribution in [3.63, 3.8) is 0 Å². The summed E-state index contributed by atoms with van der Waals surface area (Å²) < 4.78 is 0. The first-order chi connectivity index (χ1) is 8.07. The minimum absolute atomic E-state index is 0.186. The molecule has 0 aliphatic carbocycles. The fourth-order valence-electron chi connectivity index (χ4n) is 2.06. The average Bonchev–Trinajstić information content (AvgIpc) is 2.37. The SMILES string of the molecule is CNC(=O)[C@@](C)(N)c1cccc2ccccc12. The maximum atomic E-state index is 11.8. The summed E-state index contributed by atoms with van der Waals surface area (Å²) in [5.41, 5.74) is 5.97. The van der Waals surface area contributed by atoms with E-state index in [0.29, 0.717) is 0 Å². The minimum atomic E-state index is -1.02. The topological polar surface area (TPSA) is 55.1 Å². The van der Waals surface area contributed by atoms with Gasteiger partial charge in [0.2, 0.25) is 5.91 Å². The summed E-state index contributed by atoms with van der Waals surface area (Å²) >= 11 is 0. The summed E-state index contributed by atoms with van der Waals surface area (Å²) in [6.07, 6.45) is 0. The van der Waals surface area contributed by atoms with Gasteiger partial charge in [0.05, 0.1) is 0 Å². The number of hydrogen-bond acceptors (Lipinski definition) is 2. The summed E-state index contributed by atoms with van der Waals surface area (Å²) in [6.45, 7) is 1.73. The monoisotopic (exact) mass is 228 g/mol. The maximum Gasteiger partial charge on any atom is 0.244 e. The molecular formula is C14H16N2O. The zero-order chi connectivity index (χ0) is 12.5. The van der Waals surface area contributed by atoms with Crippen molar-refractivity contribution in [2.24, 2.45) is 5.73 Å². The first-order valence-corrected chi connectivity index (χ1v) is 5.56. The molecule has 0 aliphatic rings. The van der Waals surface area contributed by atoms with Gasteiger partial charge in [0.15, 0.2) is 0 Å². The van der Waals surface area contributed by atoms with Crippen molar-refractivity contribution in [1.29, 1.82) is 0 Å². The zero-order valence-corrected chi connectivity index (χ0v) is 10.0. The predicted molar refractivity (Wildman–Crippen MR) is 69.6 cm³/mol. The summed E-state index contributed by atoms with van der Waals surface area (Å²) in [6, 6.07) is 13.8. The van der Waals surface area contributed by atoms with Gasteiger partial charge in [-0.1, -0.05) is 42.5 Å². The number of amides is 1. The zero-order valence-electron chi connectivity index (χ0n) is 10.0. The quantitative estimate of drug-likeness (QED) is 0.823. The van der Waals surface area contributed by atoms with Gasteiger partial charge in [0.1, 0.15) is 5.54 Å². The van der Waals surface area contributed by atoms with Crippen LogP contribution in [0.25, 0.3) is 10.8 Å². The fraction of sp³-hybridized carbons (Fsp3) is 0.214. The molecule has 0 aromatic heterocycles. The Kier molecular flexibility index (Phi) is 2.86. The van der Waals surface area contributed by atoms with Crippen LogP contribution in [0.1, 0.15) is 12.5 Å². The van der Waals surface area contributed by atoms with Gasteiger partial charge in [-0.15, -0.1) is 0 Å². The van der Waals surface area contributed by atoms with Crippen molar-refractivity contribution in [2.75, 3.05) is 7.05 Å². The molecule has 2 aromatic rings. The fourth-order valence-corrected chi connectivity index (χ4v) is 2.06. The normalized spacial score (nSPS) is 14.3. The third-order valence-electron chi connectivity index (χ3n) is 3.05. The molecule has 1 atom stereocenters. The molecule has 0 saturated carbocycles. The molecule has 1 amide bonds. The van der Waals surface area contributed by atoms with Crippen LogP contribution in [0.2, 0.25) is 0 Å². The molecule has 3 nitrogen and oxygen atoms in total. The second kappa shape index (κ2) is 4.18. The summed E-state index contributed by atoms with van der Waals surface area (Å²) in [4.78, 5) is 11.8. The predicted octanol–water partition coefficient (Wildman–Crippen LogP) is 1.76. The van der Waals surface area contributed by atoms with E-state index < -0.39 is 5.54 Å². The van der Waals surface area contributed by atoms with E-state index in [0.717, 1.165) is 16.3 Å². The highest BCUT2D eigenvalue weighted by atomic mass is 16.2. The standard InChI is InChI=1S/C14H16N2O/c1-14(15,13(17)16-2)12-9-5-7-10-6-3-4-8-11(10)12/h3-9H,15H2,1-2H3,(H,16,17)/t14-/m0/s1. The molecule has 0 unspecified atom stereocenters. The van der Waals surface area contributed by atoms with Crippen LogP contribution in [0.15, 0.2) is 42.5 Å². The number of likely N-dealkylation sites (N-methyl/N-ethyl adjacent to an activating group) is 1. The van der Waals surface area contributed by atoms with Gasteiger partial charge in [0, 0.05) is 7.05 Å². The van der Waals surface area contributed by atoms with Crippen LogP contribution in [0, 0.1) is 0 Å². The van der Waals surface area contributed by atoms with Crippen LogP contribution in [0.3, 0.4) is 0 Å². The maximum absolute atomic E-state index is 11.8. The van der Waals surface area contributed by atoms with Crippen molar-refractivity contribution >= 4 is 16.7 Å². The van der Waals surface area contributed by atoms with Crippen LogP contribution in [-0.2, 0) is 10.3 Å². The van der Waals surface area contributed by atoms with Crippen molar-refractivity contribution in [1.82, 2.24) is 5.32 Å². The lowest BCUT2D eigenvalue weighted by atomic mass is 9.88. The van der Waals surface area contributed by atoms with Gasteiger partial charge in [-0.3, -0.25) is 4.79 Å². The number of nitrogens with two attached hydrogens (primary N) is 1. The average molecular weight is 228 g/mol. The highest BCUT2D eigenvalue weighted by Gasteiger charge is 2.30. The van der Waals surface area contributed by atoms with Gasteiger partial charge in [-0.25, -0.2) is 0 Å². The molecule has 17 heavy (non-hydrogen) atoms. The second-order valence-electron chi connectivity index (χ2n) is 4.31. The number of carbonyl (C=O) groups excluding carboxylic acids is 1. The molecule has 2 rings (SSSR count). The number of hydrogen-bond donors (Lipinski definition) is 2. The Morgan fingerprint density at radius 3 is 2.53 bits per heavy atom.